The zero-order valence-electron chi connectivity index (χ0n) is 17.1. The lowest BCUT2D eigenvalue weighted by Gasteiger charge is -2.28. The van der Waals surface area contributed by atoms with E-state index in [1.54, 1.807) is 24.3 Å². The number of nitrogens with zero attached hydrogens (tertiary/aromatic N) is 1. The maximum absolute atomic E-state index is 12.4. The Balaban J connectivity index is 1.33. The van der Waals surface area contributed by atoms with Crippen LogP contribution in [0.1, 0.15) is 40.7 Å². The van der Waals surface area contributed by atoms with Crippen LogP contribution in [0.5, 0.6) is 0 Å². The highest BCUT2D eigenvalue weighted by Gasteiger charge is 2.43. The fraction of sp³-hybridized carbons (Fsp3) is 0.375. The number of hydrogen-bond donors (Lipinski definition) is 2. The van der Waals surface area contributed by atoms with E-state index in [1.165, 1.54) is 24.8 Å². The fourth-order valence-electron chi connectivity index (χ4n) is 4.10. The molecule has 3 N–H and O–H groups in total. The zero-order valence-corrected chi connectivity index (χ0v) is 17.1. The number of primary amides is 1. The second-order valence-electron chi connectivity index (χ2n) is 8.15. The van der Waals surface area contributed by atoms with Gasteiger partial charge in [0.1, 0.15) is 0 Å². The van der Waals surface area contributed by atoms with Crippen molar-refractivity contribution in [3.05, 3.63) is 71.6 Å². The molecule has 4 rings (SSSR count). The number of amides is 2. The monoisotopic (exact) mass is 406 g/mol. The summed E-state index contributed by atoms with van der Waals surface area (Å²) < 4.78 is 5.43. The molecule has 30 heavy (non-hydrogen) atoms. The Morgan fingerprint density at radius 2 is 1.77 bits per heavy atom. The maximum atomic E-state index is 12.4. The Bertz CT molecular complexity index is 900. The van der Waals surface area contributed by atoms with Crippen LogP contribution in [0.4, 0.5) is 5.69 Å². The number of anilines is 1. The van der Waals surface area contributed by atoms with Gasteiger partial charge < -0.3 is 15.8 Å². The first-order chi connectivity index (χ1) is 14.6. The first-order valence-corrected chi connectivity index (χ1v) is 10.5. The summed E-state index contributed by atoms with van der Waals surface area (Å²) in [6, 6.07) is 15.0. The molecule has 1 radical (unpaired) electrons. The summed E-state index contributed by atoms with van der Waals surface area (Å²) in [4.78, 5) is 26.4. The van der Waals surface area contributed by atoms with Crippen LogP contribution in [0.2, 0.25) is 0 Å². The highest BCUT2D eigenvalue weighted by molar-refractivity contribution is 6.03. The summed E-state index contributed by atoms with van der Waals surface area (Å²) in [6.45, 7) is 4.83. The summed E-state index contributed by atoms with van der Waals surface area (Å²) in [5.74, 6) is -0.837. The van der Waals surface area contributed by atoms with Gasteiger partial charge in [0.2, 0.25) is 11.8 Å². The van der Waals surface area contributed by atoms with Gasteiger partial charge in [-0.05, 0) is 60.5 Å². The highest BCUT2D eigenvalue weighted by atomic mass is 16.5. The summed E-state index contributed by atoms with van der Waals surface area (Å²) >= 11 is 0. The fourth-order valence-corrected chi connectivity index (χ4v) is 4.10. The van der Waals surface area contributed by atoms with Crippen molar-refractivity contribution in [1.82, 2.24) is 4.90 Å². The third kappa shape index (κ3) is 4.89. The predicted octanol–water partition coefficient (Wildman–Crippen LogP) is 2.73. The highest BCUT2D eigenvalue weighted by Crippen LogP contribution is 2.51. The van der Waals surface area contributed by atoms with Crippen LogP contribution in [-0.4, -0.2) is 49.6 Å². The largest absolute Gasteiger partial charge is 0.379 e. The van der Waals surface area contributed by atoms with Crippen LogP contribution in [-0.2, 0) is 14.9 Å². The number of rotatable bonds is 8. The van der Waals surface area contributed by atoms with Gasteiger partial charge in [-0.1, -0.05) is 30.3 Å². The minimum atomic E-state index is -0.550. The molecule has 2 amide bonds. The molecule has 2 aromatic carbocycles. The molecule has 0 atom stereocenters. The number of hydrogen-bond acceptors (Lipinski definition) is 4. The standard InChI is InChI=1S/C24H28N3O3/c25-23(29)21-4-2-1-3-18(21)17-22(28)26-20-7-5-19(6-8-20)24(9-10-24)11-12-27-13-15-30-16-14-27/h1-8,17H,9-16H2,(H2,25,29)(H,26,28). The molecule has 1 saturated carbocycles. The van der Waals surface area contributed by atoms with Crippen molar-refractivity contribution in [2.45, 2.75) is 24.7 Å². The van der Waals surface area contributed by atoms with Crippen molar-refractivity contribution in [3.63, 3.8) is 0 Å². The van der Waals surface area contributed by atoms with E-state index in [0.717, 1.165) is 45.0 Å². The van der Waals surface area contributed by atoms with Crippen LogP contribution < -0.4 is 11.1 Å². The van der Waals surface area contributed by atoms with Gasteiger partial charge in [0.05, 0.1) is 19.6 Å². The predicted molar refractivity (Wildman–Crippen MR) is 116 cm³/mol. The summed E-state index contributed by atoms with van der Waals surface area (Å²) in [6.07, 6.45) is 5.01. The van der Waals surface area contributed by atoms with Crippen LogP contribution >= 0.6 is 0 Å². The van der Waals surface area contributed by atoms with Gasteiger partial charge in [0, 0.05) is 24.3 Å². The molecule has 2 fully saturated rings. The normalized spacial score (nSPS) is 18.0. The third-order valence-corrected chi connectivity index (χ3v) is 6.14. The van der Waals surface area contributed by atoms with E-state index in [-0.39, 0.29) is 11.3 Å². The molecule has 6 heteroatoms. The van der Waals surface area contributed by atoms with Crippen molar-refractivity contribution in [1.29, 1.82) is 0 Å². The molecule has 1 saturated heterocycles. The molecule has 0 bridgehead atoms. The average molecular weight is 407 g/mol. The van der Waals surface area contributed by atoms with E-state index in [1.807, 2.05) is 12.1 Å². The zero-order chi connectivity index (χ0) is 21.0. The molecule has 6 nitrogen and oxygen atoms in total. The van der Waals surface area contributed by atoms with Gasteiger partial charge in [-0.15, -0.1) is 0 Å². The van der Waals surface area contributed by atoms with E-state index < -0.39 is 5.91 Å². The SMILES string of the molecule is NC(=O)c1ccccc1[CH]C(=O)Nc1ccc(C2(CCN3CCOCC3)CC2)cc1. The molecular weight excluding hydrogens is 378 g/mol. The number of nitrogens with two attached hydrogens (primary N) is 1. The van der Waals surface area contributed by atoms with Gasteiger partial charge in [0.15, 0.2) is 0 Å². The Morgan fingerprint density at radius 1 is 1.07 bits per heavy atom. The number of nitrogens with one attached hydrogen (secondary N) is 1. The Kier molecular flexibility index (Phi) is 6.16. The Hall–Kier alpha value is -2.70. The first kappa shape index (κ1) is 20.6. The van der Waals surface area contributed by atoms with E-state index in [0.29, 0.717) is 11.1 Å². The van der Waals surface area contributed by atoms with Crippen molar-refractivity contribution >= 4 is 17.5 Å². The van der Waals surface area contributed by atoms with Crippen molar-refractivity contribution in [3.8, 4) is 0 Å². The Labute approximate surface area is 177 Å². The number of carbonyl (C=O) groups excluding carboxylic acids is 2. The van der Waals surface area contributed by atoms with Gasteiger partial charge in [-0.3, -0.25) is 14.5 Å². The minimum absolute atomic E-state index is 0.285. The second kappa shape index (κ2) is 8.98. The number of morpholine rings is 1. The quantitative estimate of drug-likeness (QED) is 0.706. The summed E-state index contributed by atoms with van der Waals surface area (Å²) in [7, 11) is 0. The molecule has 1 heterocycles. The molecular formula is C24H28N3O3. The van der Waals surface area contributed by atoms with Gasteiger partial charge in [-0.2, -0.15) is 0 Å². The second-order valence-corrected chi connectivity index (χ2v) is 8.15. The lowest BCUT2D eigenvalue weighted by molar-refractivity contribution is -0.112. The molecule has 0 unspecified atom stereocenters. The molecule has 0 spiro atoms. The minimum Gasteiger partial charge on any atom is -0.379 e. The average Bonchev–Trinajstić information content (AvgIpc) is 3.55. The Morgan fingerprint density at radius 3 is 2.43 bits per heavy atom. The van der Waals surface area contributed by atoms with Crippen LogP contribution in [0, 0.1) is 6.42 Å². The number of ether oxygens (including phenoxy) is 1. The van der Waals surface area contributed by atoms with Crippen molar-refractivity contribution in [2.24, 2.45) is 5.73 Å². The summed E-state index contributed by atoms with van der Waals surface area (Å²) in [5, 5.41) is 2.87. The van der Waals surface area contributed by atoms with E-state index in [9.17, 15) is 9.59 Å². The lowest BCUT2D eigenvalue weighted by Crippen LogP contribution is -2.37. The van der Waals surface area contributed by atoms with Crippen molar-refractivity contribution in [2.75, 3.05) is 38.2 Å². The van der Waals surface area contributed by atoms with Gasteiger partial charge in [-0.25, -0.2) is 0 Å². The van der Waals surface area contributed by atoms with E-state index in [2.05, 4.69) is 22.3 Å². The van der Waals surface area contributed by atoms with E-state index >= 15 is 0 Å². The van der Waals surface area contributed by atoms with Gasteiger partial charge in [0.25, 0.3) is 0 Å². The molecule has 2 aliphatic rings. The molecule has 1 aliphatic heterocycles. The molecule has 1 aliphatic carbocycles. The summed E-state index contributed by atoms with van der Waals surface area (Å²) in [5.41, 5.74) is 8.59. The molecule has 157 valence electrons. The third-order valence-electron chi connectivity index (χ3n) is 6.14. The lowest BCUT2D eigenvalue weighted by atomic mass is 9.92. The first-order valence-electron chi connectivity index (χ1n) is 10.5. The number of carbonyl (C=O) groups is 2. The molecule has 0 aromatic heterocycles. The van der Waals surface area contributed by atoms with Crippen LogP contribution in [0.25, 0.3) is 0 Å². The van der Waals surface area contributed by atoms with Crippen molar-refractivity contribution < 1.29 is 14.3 Å². The smallest absolute Gasteiger partial charge is 0.249 e. The maximum Gasteiger partial charge on any atom is 0.249 e. The van der Waals surface area contributed by atoms with E-state index in [4.69, 9.17) is 10.5 Å². The topological polar surface area (TPSA) is 84.7 Å². The van der Waals surface area contributed by atoms with Crippen LogP contribution in [0.15, 0.2) is 48.5 Å². The van der Waals surface area contributed by atoms with Crippen LogP contribution in [0.3, 0.4) is 0 Å². The van der Waals surface area contributed by atoms with Gasteiger partial charge >= 0.3 is 0 Å². The molecule has 2 aromatic rings. The number of benzene rings is 2.